The molecule has 2 aromatic heterocycles. The average molecular weight is 510 g/mol. The molecular formula is C29H27F4N3O. The summed E-state index contributed by atoms with van der Waals surface area (Å²) in [6.07, 6.45) is -0.156. The standard InChI is InChI=1S/C29H27F4N3O/c1-17-6-5-9-24(30)26(17)20-12-10-19(11-13-20)22-14-25-27(35-18(2)15-34-25)36(28(22)37)16-21-7-3-4-8-23(21)29(31,32)33/h3-9,14-15,19-20H,10-13,16H2,1-2H3. The van der Waals surface area contributed by atoms with Gasteiger partial charge in [0.05, 0.1) is 17.8 Å². The molecule has 0 saturated heterocycles. The van der Waals surface area contributed by atoms with Crippen LogP contribution in [0.1, 0.15) is 71.0 Å². The highest BCUT2D eigenvalue weighted by Crippen LogP contribution is 2.42. The van der Waals surface area contributed by atoms with Crippen LogP contribution in [0.15, 0.2) is 59.5 Å². The fourth-order valence-electron chi connectivity index (χ4n) is 5.63. The van der Waals surface area contributed by atoms with Crippen molar-refractivity contribution in [1.82, 2.24) is 14.5 Å². The first-order chi connectivity index (χ1) is 17.6. The van der Waals surface area contributed by atoms with Crippen molar-refractivity contribution in [3.63, 3.8) is 0 Å². The maximum Gasteiger partial charge on any atom is 0.416 e. The van der Waals surface area contributed by atoms with Gasteiger partial charge in [-0.25, -0.2) is 9.37 Å². The number of aromatic nitrogens is 3. The number of benzene rings is 2. The van der Waals surface area contributed by atoms with E-state index in [2.05, 4.69) is 9.97 Å². The van der Waals surface area contributed by atoms with Crippen LogP contribution in [-0.2, 0) is 12.7 Å². The fraction of sp³-hybridized carbons (Fsp3) is 0.345. The lowest BCUT2D eigenvalue weighted by Crippen LogP contribution is -2.29. The van der Waals surface area contributed by atoms with E-state index < -0.39 is 11.7 Å². The van der Waals surface area contributed by atoms with Crippen LogP contribution in [0.3, 0.4) is 0 Å². The first-order valence-corrected chi connectivity index (χ1v) is 12.4. The molecule has 0 radical (unpaired) electrons. The van der Waals surface area contributed by atoms with Crippen LogP contribution in [0.4, 0.5) is 17.6 Å². The number of aryl methyl sites for hydroxylation is 2. The van der Waals surface area contributed by atoms with E-state index in [-0.39, 0.29) is 41.0 Å². The first kappa shape index (κ1) is 25.1. The number of pyridine rings is 1. The van der Waals surface area contributed by atoms with Crippen molar-refractivity contribution in [3.8, 4) is 0 Å². The second-order valence-corrected chi connectivity index (χ2v) is 9.89. The van der Waals surface area contributed by atoms with E-state index in [1.807, 2.05) is 13.0 Å². The number of hydrogen-bond acceptors (Lipinski definition) is 3. The average Bonchev–Trinajstić information content (AvgIpc) is 2.86. The summed E-state index contributed by atoms with van der Waals surface area (Å²) in [6, 6.07) is 12.1. The van der Waals surface area contributed by atoms with Crippen molar-refractivity contribution in [2.45, 2.75) is 64.1 Å². The quantitative estimate of drug-likeness (QED) is 0.277. The number of halogens is 4. The zero-order valence-electron chi connectivity index (χ0n) is 20.6. The van der Waals surface area contributed by atoms with Gasteiger partial charge in [-0.2, -0.15) is 13.2 Å². The molecule has 4 aromatic rings. The Morgan fingerprint density at radius 1 is 0.973 bits per heavy atom. The maximum atomic E-state index is 14.6. The first-order valence-electron chi connectivity index (χ1n) is 12.4. The lowest BCUT2D eigenvalue weighted by Gasteiger charge is -2.30. The smallest absolute Gasteiger partial charge is 0.287 e. The molecule has 37 heavy (non-hydrogen) atoms. The van der Waals surface area contributed by atoms with Crippen LogP contribution >= 0.6 is 0 Å². The van der Waals surface area contributed by atoms with Crippen molar-refractivity contribution >= 4 is 11.2 Å². The van der Waals surface area contributed by atoms with Crippen LogP contribution in [-0.4, -0.2) is 14.5 Å². The molecule has 192 valence electrons. The summed E-state index contributed by atoms with van der Waals surface area (Å²) >= 11 is 0. The Labute approximate surface area is 212 Å². The monoisotopic (exact) mass is 509 g/mol. The minimum absolute atomic E-state index is 0.00223. The Hall–Kier alpha value is -3.55. The molecule has 1 aliphatic rings. The van der Waals surface area contributed by atoms with E-state index in [9.17, 15) is 22.4 Å². The molecule has 0 unspecified atom stereocenters. The second kappa shape index (κ2) is 9.72. The number of rotatable bonds is 4. The van der Waals surface area contributed by atoms with Gasteiger partial charge in [-0.15, -0.1) is 0 Å². The third-order valence-corrected chi connectivity index (χ3v) is 7.44. The molecule has 1 saturated carbocycles. The van der Waals surface area contributed by atoms with Crippen molar-refractivity contribution in [2.75, 3.05) is 0 Å². The molecular weight excluding hydrogens is 482 g/mol. The number of fused-ring (bicyclic) bond motifs is 1. The van der Waals surface area contributed by atoms with Crippen molar-refractivity contribution in [3.05, 3.63) is 104 Å². The van der Waals surface area contributed by atoms with E-state index in [0.29, 0.717) is 29.6 Å². The third-order valence-electron chi connectivity index (χ3n) is 7.44. The minimum atomic E-state index is -4.54. The summed E-state index contributed by atoms with van der Waals surface area (Å²) in [7, 11) is 0. The van der Waals surface area contributed by atoms with Crippen LogP contribution in [0.25, 0.3) is 11.2 Å². The van der Waals surface area contributed by atoms with Gasteiger partial charge in [-0.1, -0.05) is 30.3 Å². The lowest BCUT2D eigenvalue weighted by atomic mass is 9.75. The molecule has 2 heterocycles. The molecule has 0 N–H and O–H groups in total. The highest BCUT2D eigenvalue weighted by atomic mass is 19.4. The summed E-state index contributed by atoms with van der Waals surface area (Å²) in [4.78, 5) is 22.7. The zero-order valence-corrected chi connectivity index (χ0v) is 20.6. The van der Waals surface area contributed by atoms with Gasteiger partial charge < -0.3 is 0 Å². The predicted molar refractivity (Wildman–Crippen MR) is 134 cm³/mol. The second-order valence-electron chi connectivity index (χ2n) is 9.89. The maximum absolute atomic E-state index is 14.6. The summed E-state index contributed by atoms with van der Waals surface area (Å²) in [5.74, 6) is -0.223. The Balaban J connectivity index is 1.53. The van der Waals surface area contributed by atoms with Crippen molar-refractivity contribution in [1.29, 1.82) is 0 Å². The number of nitrogens with zero attached hydrogens (tertiary/aromatic N) is 3. The summed E-state index contributed by atoms with van der Waals surface area (Å²) < 4.78 is 56.9. The summed E-state index contributed by atoms with van der Waals surface area (Å²) in [5.41, 5.74) is 2.36. The molecule has 5 rings (SSSR count). The van der Waals surface area contributed by atoms with Crippen LogP contribution in [0, 0.1) is 19.7 Å². The van der Waals surface area contributed by atoms with Gasteiger partial charge in [-0.3, -0.25) is 14.3 Å². The molecule has 2 aromatic carbocycles. The highest BCUT2D eigenvalue weighted by Gasteiger charge is 2.34. The van der Waals surface area contributed by atoms with Gasteiger partial charge in [-0.05, 0) is 86.3 Å². The molecule has 1 fully saturated rings. The molecule has 1 aliphatic carbocycles. The largest absolute Gasteiger partial charge is 0.416 e. The van der Waals surface area contributed by atoms with E-state index in [0.717, 1.165) is 30.0 Å². The van der Waals surface area contributed by atoms with E-state index in [1.54, 1.807) is 25.3 Å². The van der Waals surface area contributed by atoms with Gasteiger partial charge in [0.15, 0.2) is 5.65 Å². The van der Waals surface area contributed by atoms with Gasteiger partial charge in [0.2, 0.25) is 0 Å². The van der Waals surface area contributed by atoms with Crippen molar-refractivity contribution < 1.29 is 17.6 Å². The highest BCUT2D eigenvalue weighted by molar-refractivity contribution is 5.71. The Morgan fingerprint density at radius 2 is 1.68 bits per heavy atom. The van der Waals surface area contributed by atoms with E-state index in [4.69, 9.17) is 0 Å². The van der Waals surface area contributed by atoms with Gasteiger partial charge in [0.25, 0.3) is 5.56 Å². The third kappa shape index (κ3) is 4.89. The van der Waals surface area contributed by atoms with E-state index >= 15 is 0 Å². The lowest BCUT2D eigenvalue weighted by molar-refractivity contribution is -0.138. The van der Waals surface area contributed by atoms with Gasteiger partial charge in [0, 0.05) is 11.8 Å². The Morgan fingerprint density at radius 3 is 2.38 bits per heavy atom. The molecule has 0 amide bonds. The molecule has 0 spiro atoms. The Bertz CT molecular complexity index is 1500. The van der Waals surface area contributed by atoms with Crippen LogP contribution < -0.4 is 5.56 Å². The molecule has 0 aliphatic heterocycles. The molecule has 0 bridgehead atoms. The van der Waals surface area contributed by atoms with Gasteiger partial charge in [0.1, 0.15) is 11.3 Å². The summed E-state index contributed by atoms with van der Waals surface area (Å²) in [5, 5.41) is 0. The number of hydrogen-bond donors (Lipinski definition) is 0. The molecule has 0 atom stereocenters. The Kier molecular flexibility index (Phi) is 6.60. The van der Waals surface area contributed by atoms with Gasteiger partial charge >= 0.3 is 6.18 Å². The normalized spacial score (nSPS) is 18.3. The predicted octanol–water partition coefficient (Wildman–Crippen LogP) is 7.06. The van der Waals surface area contributed by atoms with Crippen LogP contribution in [0.5, 0.6) is 0 Å². The fourth-order valence-corrected chi connectivity index (χ4v) is 5.63. The van der Waals surface area contributed by atoms with Crippen molar-refractivity contribution in [2.24, 2.45) is 0 Å². The molecule has 4 nitrogen and oxygen atoms in total. The topological polar surface area (TPSA) is 47.8 Å². The number of alkyl halides is 3. The molecule has 8 heteroatoms. The summed E-state index contributed by atoms with van der Waals surface area (Å²) in [6.45, 7) is 3.37. The van der Waals surface area contributed by atoms with E-state index in [1.165, 1.54) is 28.8 Å². The minimum Gasteiger partial charge on any atom is -0.287 e. The van der Waals surface area contributed by atoms with Crippen LogP contribution in [0.2, 0.25) is 0 Å². The zero-order chi connectivity index (χ0) is 26.3. The SMILES string of the molecule is Cc1cnc2cc(C3CCC(c4c(C)cccc4F)CC3)c(=O)n(Cc3ccccc3C(F)(F)F)c2n1.